The molecule has 3 rings (SSSR count). The molecule has 1 N–H and O–H groups in total. The van der Waals surface area contributed by atoms with E-state index in [1.165, 1.54) is 0 Å². The molecule has 2 aromatic carbocycles. The number of carbonyl (C=O) groups is 1. The summed E-state index contributed by atoms with van der Waals surface area (Å²) in [6, 6.07) is 14.5. The van der Waals surface area contributed by atoms with E-state index in [1.807, 2.05) is 36.4 Å². The minimum Gasteiger partial charge on any atom is -0.497 e. The number of hydrogen-bond donors (Lipinski definition) is 1. The SMILES string of the molecule is COc1ccc(CC(=O)Nc2nonc2-c2ccc(OC)cc2)cc1. The fourth-order valence-corrected chi connectivity index (χ4v) is 2.31. The predicted octanol–water partition coefficient (Wildman–Crippen LogP) is 2.94. The lowest BCUT2D eigenvalue weighted by Gasteiger charge is -2.05. The van der Waals surface area contributed by atoms with Crippen LogP contribution in [0.2, 0.25) is 0 Å². The molecule has 128 valence electrons. The van der Waals surface area contributed by atoms with Crippen molar-refractivity contribution in [2.45, 2.75) is 6.42 Å². The van der Waals surface area contributed by atoms with E-state index in [9.17, 15) is 4.79 Å². The molecule has 7 heteroatoms. The summed E-state index contributed by atoms with van der Waals surface area (Å²) >= 11 is 0. The van der Waals surface area contributed by atoms with Gasteiger partial charge in [-0.1, -0.05) is 12.1 Å². The van der Waals surface area contributed by atoms with Crippen LogP contribution in [-0.2, 0) is 11.2 Å². The van der Waals surface area contributed by atoms with Gasteiger partial charge in [0, 0.05) is 5.56 Å². The van der Waals surface area contributed by atoms with Gasteiger partial charge in [0.2, 0.25) is 11.7 Å². The van der Waals surface area contributed by atoms with Crippen molar-refractivity contribution in [3.8, 4) is 22.8 Å². The van der Waals surface area contributed by atoms with Gasteiger partial charge in [0.1, 0.15) is 11.5 Å². The Morgan fingerprint density at radius 1 is 0.960 bits per heavy atom. The number of methoxy groups -OCH3 is 2. The van der Waals surface area contributed by atoms with E-state index in [0.29, 0.717) is 5.69 Å². The topological polar surface area (TPSA) is 86.5 Å². The van der Waals surface area contributed by atoms with Crippen molar-refractivity contribution in [1.82, 2.24) is 10.3 Å². The molecule has 0 bridgehead atoms. The number of amides is 1. The molecule has 0 atom stereocenters. The quantitative estimate of drug-likeness (QED) is 0.743. The van der Waals surface area contributed by atoms with Gasteiger partial charge in [-0.3, -0.25) is 4.79 Å². The van der Waals surface area contributed by atoms with Gasteiger partial charge in [-0.25, -0.2) is 4.63 Å². The average molecular weight is 339 g/mol. The Morgan fingerprint density at radius 3 is 2.16 bits per heavy atom. The van der Waals surface area contributed by atoms with Crippen LogP contribution in [-0.4, -0.2) is 30.4 Å². The van der Waals surface area contributed by atoms with Gasteiger partial charge in [-0.2, -0.15) is 0 Å². The summed E-state index contributed by atoms with van der Waals surface area (Å²) < 4.78 is 15.0. The summed E-state index contributed by atoms with van der Waals surface area (Å²) in [5.41, 5.74) is 2.09. The van der Waals surface area contributed by atoms with E-state index in [1.54, 1.807) is 26.4 Å². The molecule has 0 saturated carbocycles. The second-order valence-electron chi connectivity index (χ2n) is 5.26. The lowest BCUT2D eigenvalue weighted by molar-refractivity contribution is -0.115. The number of anilines is 1. The summed E-state index contributed by atoms with van der Waals surface area (Å²) in [7, 11) is 3.19. The molecule has 1 heterocycles. The van der Waals surface area contributed by atoms with Gasteiger partial charge >= 0.3 is 0 Å². The van der Waals surface area contributed by atoms with Crippen molar-refractivity contribution in [3.63, 3.8) is 0 Å². The lowest BCUT2D eigenvalue weighted by Crippen LogP contribution is -2.15. The maximum absolute atomic E-state index is 12.2. The first-order valence-corrected chi connectivity index (χ1v) is 7.59. The molecule has 0 spiro atoms. The van der Waals surface area contributed by atoms with Gasteiger partial charge in [0.15, 0.2) is 5.69 Å². The molecular formula is C18H17N3O4. The highest BCUT2D eigenvalue weighted by molar-refractivity contribution is 5.94. The maximum atomic E-state index is 12.2. The van der Waals surface area contributed by atoms with E-state index in [2.05, 4.69) is 15.6 Å². The van der Waals surface area contributed by atoms with E-state index in [-0.39, 0.29) is 18.1 Å². The first-order chi connectivity index (χ1) is 12.2. The van der Waals surface area contributed by atoms with Gasteiger partial charge in [0.25, 0.3) is 0 Å². The molecule has 1 aromatic heterocycles. The number of nitrogens with zero attached hydrogens (tertiary/aromatic N) is 2. The molecule has 0 unspecified atom stereocenters. The number of hydrogen-bond acceptors (Lipinski definition) is 6. The Morgan fingerprint density at radius 2 is 1.56 bits per heavy atom. The largest absolute Gasteiger partial charge is 0.497 e. The Balaban J connectivity index is 1.70. The summed E-state index contributed by atoms with van der Waals surface area (Å²) in [4.78, 5) is 12.2. The summed E-state index contributed by atoms with van der Waals surface area (Å²) in [6.07, 6.45) is 0.207. The normalized spacial score (nSPS) is 10.3. The monoisotopic (exact) mass is 339 g/mol. The van der Waals surface area contributed by atoms with Crippen LogP contribution in [0.1, 0.15) is 5.56 Å². The van der Waals surface area contributed by atoms with Crippen molar-refractivity contribution in [1.29, 1.82) is 0 Å². The molecule has 0 fully saturated rings. The lowest BCUT2D eigenvalue weighted by atomic mass is 10.1. The first-order valence-electron chi connectivity index (χ1n) is 7.59. The molecule has 0 aliphatic rings. The number of ether oxygens (including phenoxy) is 2. The van der Waals surface area contributed by atoms with Crippen molar-refractivity contribution in [2.75, 3.05) is 19.5 Å². The molecule has 0 saturated heterocycles. The molecule has 0 aliphatic carbocycles. The zero-order chi connectivity index (χ0) is 17.6. The summed E-state index contributed by atoms with van der Waals surface area (Å²) in [5.74, 6) is 1.54. The molecule has 1 amide bonds. The van der Waals surface area contributed by atoms with Crippen LogP contribution in [0, 0.1) is 0 Å². The van der Waals surface area contributed by atoms with Crippen molar-refractivity contribution >= 4 is 11.7 Å². The van der Waals surface area contributed by atoms with Crippen LogP contribution >= 0.6 is 0 Å². The molecule has 0 radical (unpaired) electrons. The smallest absolute Gasteiger partial charge is 0.230 e. The third-order valence-corrected chi connectivity index (χ3v) is 3.63. The standard InChI is InChI=1S/C18H17N3O4/c1-23-14-7-3-12(4-8-14)11-16(22)19-18-17(20-25-21-18)13-5-9-15(24-2)10-6-13/h3-10H,11H2,1-2H3,(H,19,21,22). The predicted molar refractivity (Wildman–Crippen MR) is 91.6 cm³/mol. The van der Waals surface area contributed by atoms with Crippen molar-refractivity contribution in [3.05, 3.63) is 54.1 Å². The number of nitrogens with one attached hydrogen (secondary N) is 1. The summed E-state index contributed by atoms with van der Waals surface area (Å²) in [5, 5.41) is 10.4. The number of carbonyl (C=O) groups excluding carboxylic acids is 1. The highest BCUT2D eigenvalue weighted by Crippen LogP contribution is 2.26. The third-order valence-electron chi connectivity index (χ3n) is 3.63. The van der Waals surface area contributed by atoms with E-state index in [4.69, 9.17) is 14.1 Å². The average Bonchev–Trinajstić information content (AvgIpc) is 3.10. The second-order valence-corrected chi connectivity index (χ2v) is 5.26. The fraction of sp³-hybridized carbons (Fsp3) is 0.167. The van der Waals surface area contributed by atoms with Crippen molar-refractivity contribution < 1.29 is 18.9 Å². The van der Waals surface area contributed by atoms with Crippen LogP contribution in [0.5, 0.6) is 11.5 Å². The summed E-state index contributed by atoms with van der Waals surface area (Å²) in [6.45, 7) is 0. The zero-order valence-corrected chi connectivity index (χ0v) is 13.9. The van der Waals surface area contributed by atoms with Gasteiger partial charge in [0.05, 0.1) is 20.6 Å². The fourth-order valence-electron chi connectivity index (χ4n) is 2.31. The molecule has 7 nitrogen and oxygen atoms in total. The maximum Gasteiger partial charge on any atom is 0.230 e. The molecule has 3 aromatic rings. The van der Waals surface area contributed by atoms with Crippen LogP contribution in [0.3, 0.4) is 0 Å². The molecule has 0 aliphatic heterocycles. The van der Waals surface area contributed by atoms with Crippen LogP contribution in [0.25, 0.3) is 11.3 Å². The Bertz CT molecular complexity index is 842. The highest BCUT2D eigenvalue weighted by atomic mass is 16.6. The first kappa shape index (κ1) is 16.5. The Kier molecular flexibility index (Phi) is 4.94. The van der Waals surface area contributed by atoms with Crippen LogP contribution in [0.4, 0.5) is 5.82 Å². The van der Waals surface area contributed by atoms with Gasteiger partial charge in [-0.15, -0.1) is 0 Å². The number of rotatable bonds is 6. The molecule has 25 heavy (non-hydrogen) atoms. The van der Waals surface area contributed by atoms with E-state index < -0.39 is 0 Å². The van der Waals surface area contributed by atoms with E-state index >= 15 is 0 Å². The minimum atomic E-state index is -0.212. The van der Waals surface area contributed by atoms with Crippen LogP contribution < -0.4 is 14.8 Å². The minimum absolute atomic E-state index is 0.207. The van der Waals surface area contributed by atoms with Gasteiger partial charge < -0.3 is 14.8 Å². The Labute approximate surface area is 144 Å². The van der Waals surface area contributed by atoms with E-state index in [0.717, 1.165) is 22.6 Å². The van der Waals surface area contributed by atoms with Crippen molar-refractivity contribution in [2.24, 2.45) is 0 Å². The van der Waals surface area contributed by atoms with Crippen LogP contribution in [0.15, 0.2) is 53.2 Å². The second kappa shape index (κ2) is 7.48. The number of aromatic nitrogens is 2. The highest BCUT2D eigenvalue weighted by Gasteiger charge is 2.15. The van der Waals surface area contributed by atoms with Gasteiger partial charge in [-0.05, 0) is 52.3 Å². The molecular weight excluding hydrogens is 322 g/mol. The Hall–Kier alpha value is -3.35. The number of benzene rings is 2. The third kappa shape index (κ3) is 3.95. The zero-order valence-electron chi connectivity index (χ0n) is 13.9.